The molecule has 0 bridgehead atoms. The van der Waals surface area contributed by atoms with Crippen LogP contribution in [0.5, 0.6) is 0 Å². The number of pyridine rings is 1. The Kier molecular flexibility index (Phi) is 4.40. The summed E-state index contributed by atoms with van der Waals surface area (Å²) in [6, 6.07) is 4.32. The fourth-order valence-electron chi connectivity index (χ4n) is 1.34. The molecular formula is C11H18N2O. The number of hydrogen-bond acceptors (Lipinski definition) is 3. The van der Waals surface area contributed by atoms with Gasteiger partial charge in [0.05, 0.1) is 0 Å². The highest BCUT2D eigenvalue weighted by Crippen LogP contribution is 2.12. The molecule has 3 heteroatoms. The van der Waals surface area contributed by atoms with Gasteiger partial charge in [-0.15, -0.1) is 0 Å². The fourth-order valence-corrected chi connectivity index (χ4v) is 1.34. The van der Waals surface area contributed by atoms with E-state index in [9.17, 15) is 0 Å². The van der Waals surface area contributed by atoms with Crippen molar-refractivity contribution in [3.8, 4) is 0 Å². The predicted molar refractivity (Wildman–Crippen MR) is 58.4 cm³/mol. The van der Waals surface area contributed by atoms with Crippen LogP contribution in [0.4, 0.5) is 5.82 Å². The molecule has 2 N–H and O–H groups in total. The molecule has 0 saturated carbocycles. The minimum Gasteiger partial charge on any atom is -0.396 e. The maximum atomic E-state index is 8.69. The smallest absolute Gasteiger partial charge is 0.129 e. The van der Waals surface area contributed by atoms with Crippen LogP contribution in [0, 0.1) is 6.92 Å². The zero-order valence-corrected chi connectivity index (χ0v) is 8.83. The van der Waals surface area contributed by atoms with Crippen LogP contribution < -0.4 is 5.32 Å². The summed E-state index contributed by atoms with van der Waals surface area (Å²) in [6.45, 7) is 4.39. The minimum atomic E-state index is 0.257. The molecule has 1 rings (SSSR count). The summed E-state index contributed by atoms with van der Waals surface area (Å²) >= 11 is 0. The molecule has 1 aromatic heterocycles. The van der Waals surface area contributed by atoms with E-state index < -0.39 is 0 Å². The molecule has 0 saturated heterocycles. The Morgan fingerprint density at radius 2 is 2.36 bits per heavy atom. The lowest BCUT2D eigenvalue weighted by Gasteiger charge is -2.15. The van der Waals surface area contributed by atoms with E-state index in [-0.39, 0.29) is 6.61 Å². The van der Waals surface area contributed by atoms with Crippen molar-refractivity contribution in [1.29, 1.82) is 0 Å². The quantitative estimate of drug-likeness (QED) is 0.753. The van der Waals surface area contributed by atoms with Gasteiger partial charge in [-0.25, -0.2) is 4.98 Å². The zero-order valence-electron chi connectivity index (χ0n) is 8.83. The van der Waals surface area contributed by atoms with Gasteiger partial charge in [-0.3, -0.25) is 0 Å². The van der Waals surface area contributed by atoms with E-state index in [0.717, 1.165) is 24.2 Å². The summed E-state index contributed by atoms with van der Waals surface area (Å²) in [4.78, 5) is 4.25. The van der Waals surface area contributed by atoms with Crippen molar-refractivity contribution in [2.24, 2.45) is 0 Å². The summed E-state index contributed by atoms with van der Waals surface area (Å²) in [5.41, 5.74) is 1.16. The van der Waals surface area contributed by atoms with Gasteiger partial charge in [0.2, 0.25) is 0 Å². The van der Waals surface area contributed by atoms with Crippen LogP contribution >= 0.6 is 0 Å². The summed E-state index contributed by atoms with van der Waals surface area (Å²) in [7, 11) is 0. The van der Waals surface area contributed by atoms with Crippen molar-refractivity contribution in [1.82, 2.24) is 4.98 Å². The monoisotopic (exact) mass is 194 g/mol. The summed E-state index contributed by atoms with van der Waals surface area (Å²) < 4.78 is 0. The highest BCUT2D eigenvalue weighted by atomic mass is 16.2. The Hall–Kier alpha value is -1.09. The number of nitrogens with zero attached hydrogens (tertiary/aromatic N) is 1. The molecule has 0 radical (unpaired) electrons. The number of rotatable bonds is 5. The number of aliphatic hydroxyl groups is 1. The van der Waals surface area contributed by atoms with E-state index in [1.807, 2.05) is 19.1 Å². The summed E-state index contributed by atoms with van der Waals surface area (Å²) in [5.74, 6) is 0.943. The van der Waals surface area contributed by atoms with E-state index in [2.05, 4.69) is 17.2 Å². The highest BCUT2D eigenvalue weighted by molar-refractivity contribution is 5.43. The molecule has 0 aliphatic rings. The maximum absolute atomic E-state index is 8.69. The normalized spacial score (nSPS) is 12.5. The van der Waals surface area contributed by atoms with Crippen molar-refractivity contribution in [2.45, 2.75) is 32.7 Å². The number of aliphatic hydroxyl groups excluding tert-OH is 1. The first-order valence-electron chi connectivity index (χ1n) is 5.03. The highest BCUT2D eigenvalue weighted by Gasteiger charge is 2.03. The van der Waals surface area contributed by atoms with Gasteiger partial charge in [-0.1, -0.05) is 6.07 Å². The van der Waals surface area contributed by atoms with Gasteiger partial charge in [0.25, 0.3) is 0 Å². The second kappa shape index (κ2) is 5.60. The molecule has 0 amide bonds. The van der Waals surface area contributed by atoms with Crippen molar-refractivity contribution in [3.05, 3.63) is 23.9 Å². The van der Waals surface area contributed by atoms with Crippen LogP contribution in [0.3, 0.4) is 0 Å². The fraction of sp³-hybridized carbons (Fsp3) is 0.545. The van der Waals surface area contributed by atoms with E-state index in [1.165, 1.54) is 0 Å². The van der Waals surface area contributed by atoms with E-state index in [0.29, 0.717) is 6.04 Å². The SMILES string of the molecule is Cc1cccnc1NC(C)CCCO. The molecule has 0 spiro atoms. The first-order valence-corrected chi connectivity index (χ1v) is 5.03. The van der Waals surface area contributed by atoms with Crippen LogP contribution in [0.15, 0.2) is 18.3 Å². The van der Waals surface area contributed by atoms with Gasteiger partial charge in [0.15, 0.2) is 0 Å². The molecule has 3 nitrogen and oxygen atoms in total. The molecule has 0 aliphatic heterocycles. The van der Waals surface area contributed by atoms with E-state index in [4.69, 9.17) is 5.11 Å². The van der Waals surface area contributed by atoms with Gasteiger partial charge in [-0.05, 0) is 38.3 Å². The molecule has 0 fully saturated rings. The first-order chi connectivity index (χ1) is 6.74. The van der Waals surface area contributed by atoms with Gasteiger partial charge in [-0.2, -0.15) is 0 Å². The van der Waals surface area contributed by atoms with E-state index in [1.54, 1.807) is 6.20 Å². The van der Waals surface area contributed by atoms with Crippen molar-refractivity contribution in [2.75, 3.05) is 11.9 Å². The standard InChI is InChI=1S/C11H18N2O/c1-9-5-3-7-12-11(9)13-10(2)6-4-8-14/h3,5,7,10,14H,4,6,8H2,1-2H3,(H,12,13). The van der Waals surface area contributed by atoms with Crippen LogP contribution in [0.25, 0.3) is 0 Å². The number of aromatic nitrogens is 1. The predicted octanol–water partition coefficient (Wildman–Crippen LogP) is 1.96. The van der Waals surface area contributed by atoms with Crippen molar-refractivity contribution < 1.29 is 5.11 Å². The summed E-state index contributed by atoms with van der Waals surface area (Å²) in [5, 5.41) is 12.0. The number of aryl methyl sites for hydroxylation is 1. The Morgan fingerprint density at radius 3 is 3.00 bits per heavy atom. The molecule has 1 aromatic rings. The number of anilines is 1. The first kappa shape index (κ1) is 11.0. The largest absolute Gasteiger partial charge is 0.396 e. The lowest BCUT2D eigenvalue weighted by Crippen LogP contribution is -2.17. The molecule has 1 heterocycles. The molecule has 78 valence electrons. The topological polar surface area (TPSA) is 45.2 Å². The molecule has 1 unspecified atom stereocenters. The number of nitrogens with one attached hydrogen (secondary N) is 1. The van der Waals surface area contributed by atoms with Crippen LogP contribution in [-0.2, 0) is 0 Å². The van der Waals surface area contributed by atoms with Crippen LogP contribution in [0.2, 0.25) is 0 Å². The Labute approximate surface area is 85.2 Å². The van der Waals surface area contributed by atoms with Gasteiger partial charge >= 0.3 is 0 Å². The lowest BCUT2D eigenvalue weighted by atomic mass is 10.2. The average molecular weight is 194 g/mol. The van der Waals surface area contributed by atoms with Gasteiger partial charge < -0.3 is 10.4 Å². The molecular weight excluding hydrogens is 176 g/mol. The third kappa shape index (κ3) is 3.34. The van der Waals surface area contributed by atoms with E-state index >= 15 is 0 Å². The second-order valence-corrected chi connectivity index (χ2v) is 3.58. The molecule has 14 heavy (non-hydrogen) atoms. The Balaban J connectivity index is 2.47. The summed E-state index contributed by atoms with van der Waals surface area (Å²) in [6.07, 6.45) is 3.58. The van der Waals surface area contributed by atoms with Gasteiger partial charge in [0, 0.05) is 18.8 Å². The van der Waals surface area contributed by atoms with Crippen LogP contribution in [0.1, 0.15) is 25.3 Å². The van der Waals surface area contributed by atoms with Crippen molar-refractivity contribution in [3.63, 3.8) is 0 Å². The maximum Gasteiger partial charge on any atom is 0.129 e. The molecule has 0 aliphatic carbocycles. The lowest BCUT2D eigenvalue weighted by molar-refractivity contribution is 0.282. The van der Waals surface area contributed by atoms with Crippen LogP contribution in [-0.4, -0.2) is 22.7 Å². The molecule has 1 atom stereocenters. The average Bonchev–Trinajstić information content (AvgIpc) is 2.18. The Bertz CT molecular complexity index is 276. The van der Waals surface area contributed by atoms with Crippen molar-refractivity contribution >= 4 is 5.82 Å². The minimum absolute atomic E-state index is 0.257. The number of hydrogen-bond donors (Lipinski definition) is 2. The Morgan fingerprint density at radius 1 is 1.57 bits per heavy atom. The second-order valence-electron chi connectivity index (χ2n) is 3.58. The third-order valence-electron chi connectivity index (χ3n) is 2.19. The zero-order chi connectivity index (χ0) is 10.4. The molecule has 0 aromatic carbocycles. The third-order valence-corrected chi connectivity index (χ3v) is 2.19. The van der Waals surface area contributed by atoms with Gasteiger partial charge in [0.1, 0.15) is 5.82 Å².